The van der Waals surface area contributed by atoms with Crippen LogP contribution in [0.1, 0.15) is 0 Å². The molecule has 0 saturated heterocycles. The first-order valence-electron chi connectivity index (χ1n) is 14.6. The number of hydrogen-bond donors (Lipinski definition) is 0. The van der Waals surface area contributed by atoms with Gasteiger partial charge in [0.1, 0.15) is 0 Å². The van der Waals surface area contributed by atoms with E-state index in [9.17, 15) is 0 Å². The van der Waals surface area contributed by atoms with Crippen LogP contribution in [-0.4, -0.2) is 0 Å². The number of fused-ring (bicyclic) bond motifs is 8. The lowest BCUT2D eigenvalue weighted by atomic mass is 9.88. The third kappa shape index (κ3) is 3.49. The molecule has 9 aromatic rings. The van der Waals surface area contributed by atoms with E-state index in [1.165, 1.54) is 86.9 Å². The summed E-state index contributed by atoms with van der Waals surface area (Å²) in [5.74, 6) is 0. The second-order valence-corrected chi connectivity index (χ2v) is 11.3. The maximum Gasteiger partial charge on any atom is -0.00928 e. The summed E-state index contributed by atoms with van der Waals surface area (Å²) in [4.78, 5) is 0. The van der Waals surface area contributed by atoms with Crippen molar-refractivity contribution in [2.24, 2.45) is 0 Å². The van der Waals surface area contributed by atoms with Gasteiger partial charge in [-0.2, -0.15) is 0 Å². The topological polar surface area (TPSA) is 0 Å². The molecule has 0 unspecified atom stereocenters. The van der Waals surface area contributed by atoms with Crippen molar-refractivity contribution in [2.75, 3.05) is 0 Å². The maximum atomic E-state index is 2.37. The lowest BCUT2D eigenvalue weighted by Crippen LogP contribution is -1.89. The van der Waals surface area contributed by atoms with Crippen molar-refractivity contribution < 1.29 is 0 Å². The van der Waals surface area contributed by atoms with Crippen LogP contribution in [0.5, 0.6) is 0 Å². The van der Waals surface area contributed by atoms with Crippen LogP contribution >= 0.6 is 0 Å². The summed E-state index contributed by atoms with van der Waals surface area (Å²) in [5.41, 5.74) is 5.06. The second kappa shape index (κ2) is 9.03. The van der Waals surface area contributed by atoms with E-state index < -0.39 is 0 Å². The monoisotopic (exact) mass is 530 g/mol. The lowest BCUT2D eigenvalue weighted by molar-refractivity contribution is 1.67. The molecule has 0 aromatic heterocycles. The fraction of sp³-hybridized carbons (Fsp3) is 0. The molecule has 9 aromatic carbocycles. The summed E-state index contributed by atoms with van der Waals surface area (Å²) in [6.07, 6.45) is 0. The van der Waals surface area contributed by atoms with Crippen LogP contribution in [0.4, 0.5) is 0 Å². The van der Waals surface area contributed by atoms with Gasteiger partial charge in [0.25, 0.3) is 0 Å². The van der Waals surface area contributed by atoms with Gasteiger partial charge in [0.15, 0.2) is 0 Å². The molecule has 0 heterocycles. The van der Waals surface area contributed by atoms with Crippen molar-refractivity contribution in [2.45, 2.75) is 0 Å². The normalized spacial score (nSPS) is 11.8. The molecule has 0 spiro atoms. The van der Waals surface area contributed by atoms with E-state index in [2.05, 4.69) is 158 Å². The number of benzene rings is 9. The van der Waals surface area contributed by atoms with E-state index >= 15 is 0 Å². The van der Waals surface area contributed by atoms with Gasteiger partial charge in [-0.1, -0.05) is 133 Å². The van der Waals surface area contributed by atoms with Crippen LogP contribution in [0.2, 0.25) is 0 Å². The van der Waals surface area contributed by atoms with Crippen LogP contribution in [0, 0.1) is 0 Å². The van der Waals surface area contributed by atoms with E-state index in [0.29, 0.717) is 0 Å². The summed E-state index contributed by atoms with van der Waals surface area (Å²) < 4.78 is 0. The van der Waals surface area contributed by atoms with Gasteiger partial charge in [0, 0.05) is 0 Å². The zero-order valence-corrected chi connectivity index (χ0v) is 23.0. The zero-order chi connectivity index (χ0) is 27.6. The van der Waals surface area contributed by atoms with Crippen LogP contribution in [0.25, 0.3) is 86.9 Å². The van der Waals surface area contributed by atoms with E-state index in [1.54, 1.807) is 0 Å². The number of hydrogen-bond acceptors (Lipinski definition) is 0. The summed E-state index contributed by atoms with van der Waals surface area (Å²) in [5, 5.41) is 15.4. The first-order chi connectivity index (χ1) is 20.8. The van der Waals surface area contributed by atoms with E-state index in [0.717, 1.165) is 0 Å². The highest BCUT2D eigenvalue weighted by Crippen LogP contribution is 2.41. The summed E-state index contributed by atoms with van der Waals surface area (Å²) in [7, 11) is 0. The summed E-state index contributed by atoms with van der Waals surface area (Å²) >= 11 is 0. The molecule has 0 N–H and O–H groups in total. The maximum absolute atomic E-state index is 2.37. The van der Waals surface area contributed by atoms with Crippen LogP contribution < -0.4 is 0 Å². The average Bonchev–Trinajstić information content (AvgIpc) is 3.06. The smallest absolute Gasteiger partial charge is 0.00928 e. The Morgan fingerprint density at radius 3 is 1.52 bits per heavy atom. The fourth-order valence-electron chi connectivity index (χ4n) is 6.98. The predicted molar refractivity (Wildman–Crippen MR) is 182 cm³/mol. The molecule has 0 atom stereocenters. The molecule has 0 saturated carbocycles. The Hall–Kier alpha value is -5.46. The quantitative estimate of drug-likeness (QED) is 0.154. The minimum Gasteiger partial charge on any atom is -0.0616 e. The van der Waals surface area contributed by atoms with Gasteiger partial charge in [-0.3, -0.25) is 0 Å². The van der Waals surface area contributed by atoms with Gasteiger partial charge >= 0.3 is 0 Å². The largest absolute Gasteiger partial charge is 0.0616 e. The van der Waals surface area contributed by atoms with Crippen molar-refractivity contribution in [1.29, 1.82) is 0 Å². The molecule has 0 heteroatoms. The van der Waals surface area contributed by atoms with Crippen molar-refractivity contribution in [3.63, 3.8) is 0 Å². The molecule has 0 amide bonds. The highest BCUT2D eigenvalue weighted by molar-refractivity contribution is 6.18. The second-order valence-electron chi connectivity index (χ2n) is 11.3. The van der Waals surface area contributed by atoms with Gasteiger partial charge in [-0.25, -0.2) is 0 Å². The number of rotatable bonds is 2. The zero-order valence-electron chi connectivity index (χ0n) is 23.0. The highest BCUT2D eigenvalue weighted by atomic mass is 14.2. The highest BCUT2D eigenvalue weighted by Gasteiger charge is 2.14. The van der Waals surface area contributed by atoms with Crippen LogP contribution in [0.15, 0.2) is 158 Å². The molecule has 0 bridgehead atoms. The Balaban J connectivity index is 1.26. The third-order valence-electron chi connectivity index (χ3n) is 9.00. The molecule has 9 rings (SSSR count). The summed E-state index contributed by atoms with van der Waals surface area (Å²) in [6.45, 7) is 0. The van der Waals surface area contributed by atoms with Gasteiger partial charge in [-0.15, -0.1) is 0 Å². The molecule has 0 fully saturated rings. The van der Waals surface area contributed by atoms with Crippen LogP contribution in [0.3, 0.4) is 0 Å². The molecule has 0 aliphatic rings. The van der Waals surface area contributed by atoms with Gasteiger partial charge in [0.05, 0.1) is 0 Å². The Bertz CT molecular complexity index is 2510. The molecule has 0 aliphatic carbocycles. The molecule has 194 valence electrons. The molecule has 0 radical (unpaired) electrons. The minimum absolute atomic E-state index is 1.24. The van der Waals surface area contributed by atoms with E-state index in [-0.39, 0.29) is 0 Å². The van der Waals surface area contributed by atoms with E-state index in [1.807, 2.05) is 0 Å². The van der Waals surface area contributed by atoms with Crippen molar-refractivity contribution >= 4 is 64.6 Å². The van der Waals surface area contributed by atoms with Gasteiger partial charge in [-0.05, 0) is 111 Å². The lowest BCUT2D eigenvalue weighted by Gasteiger charge is -2.16. The summed E-state index contributed by atoms with van der Waals surface area (Å²) in [6, 6.07) is 58.2. The SMILES string of the molecule is c1ccc2c(c1)ccc1cc3cc(-c4ccc(-c5cc6ccccc6c6ccccc56)c5ccccc45)ccc3cc12. The van der Waals surface area contributed by atoms with E-state index in [4.69, 9.17) is 0 Å². The Labute approximate surface area is 244 Å². The Morgan fingerprint density at radius 2 is 0.738 bits per heavy atom. The van der Waals surface area contributed by atoms with Crippen LogP contribution in [-0.2, 0) is 0 Å². The molecule has 0 nitrogen and oxygen atoms in total. The van der Waals surface area contributed by atoms with Gasteiger partial charge < -0.3 is 0 Å². The Morgan fingerprint density at radius 1 is 0.214 bits per heavy atom. The van der Waals surface area contributed by atoms with Crippen molar-refractivity contribution in [1.82, 2.24) is 0 Å². The fourth-order valence-corrected chi connectivity index (χ4v) is 6.98. The average molecular weight is 531 g/mol. The third-order valence-corrected chi connectivity index (χ3v) is 9.00. The Kier molecular flexibility index (Phi) is 5.00. The molecule has 42 heavy (non-hydrogen) atoms. The standard InChI is InChI=1S/C42H26/c1-3-11-33-27(9-1)17-19-31-24-32-23-30(20-18-28(32)25-41(31)33)35-21-22-40(38-15-7-5-14-37(35)38)42-26-29-10-2-4-12-34(29)36-13-6-8-16-39(36)42/h1-26H. The molecule has 0 aliphatic heterocycles. The van der Waals surface area contributed by atoms with Gasteiger partial charge in [0.2, 0.25) is 0 Å². The van der Waals surface area contributed by atoms with Crippen molar-refractivity contribution in [3.05, 3.63) is 158 Å². The minimum atomic E-state index is 1.24. The molecular formula is C42H26. The molecular weight excluding hydrogens is 504 g/mol. The predicted octanol–water partition coefficient (Wildman–Crippen LogP) is 11.9. The first kappa shape index (κ1) is 23.3. The van der Waals surface area contributed by atoms with Crippen molar-refractivity contribution in [3.8, 4) is 22.3 Å². The first-order valence-corrected chi connectivity index (χ1v) is 14.6.